The maximum absolute atomic E-state index is 13.1. The Bertz CT molecular complexity index is 972. The van der Waals surface area contributed by atoms with Crippen LogP contribution in [0.1, 0.15) is 62.4 Å². The van der Waals surface area contributed by atoms with Crippen LogP contribution >= 0.6 is 0 Å². The maximum atomic E-state index is 13.1. The number of nitrogens with zero attached hydrogens (tertiary/aromatic N) is 1. The molecule has 2 aromatic carbocycles. The number of phenolic OH excluding ortho intramolecular Hbond substituents is 1. The highest BCUT2D eigenvalue weighted by molar-refractivity contribution is 6.10. The van der Waals surface area contributed by atoms with Crippen molar-refractivity contribution in [3.63, 3.8) is 0 Å². The lowest BCUT2D eigenvalue weighted by Gasteiger charge is -2.37. The summed E-state index contributed by atoms with van der Waals surface area (Å²) in [5, 5.41) is 10.6. The average Bonchev–Trinajstić information content (AvgIpc) is 2.74. The third-order valence-electron chi connectivity index (χ3n) is 6.13. The molecule has 3 rings (SSSR count). The van der Waals surface area contributed by atoms with Gasteiger partial charge in [0.25, 0.3) is 0 Å². The van der Waals surface area contributed by atoms with Gasteiger partial charge in [-0.2, -0.15) is 0 Å². The average molecular weight is 438 g/mol. The van der Waals surface area contributed by atoms with Crippen LogP contribution in [0.5, 0.6) is 11.5 Å². The van der Waals surface area contributed by atoms with Gasteiger partial charge in [-0.15, -0.1) is 0 Å². The number of carbonyl (C=O) groups excluding carboxylic acids is 3. The Balaban J connectivity index is 1.73. The van der Waals surface area contributed by atoms with Crippen molar-refractivity contribution in [3.05, 3.63) is 53.6 Å². The molecule has 170 valence electrons. The number of aromatic hydroxyl groups is 1. The molecule has 0 fully saturated rings. The van der Waals surface area contributed by atoms with Crippen molar-refractivity contribution < 1.29 is 24.2 Å². The zero-order valence-corrected chi connectivity index (χ0v) is 18.9. The molecular weight excluding hydrogens is 406 g/mol. The van der Waals surface area contributed by atoms with E-state index in [2.05, 4.69) is 12.1 Å². The normalized spacial score (nSPS) is 18.7. The second kappa shape index (κ2) is 10.4. The highest BCUT2D eigenvalue weighted by Crippen LogP contribution is 2.42. The molecule has 6 heteroatoms. The first-order valence-electron chi connectivity index (χ1n) is 11.2. The maximum Gasteiger partial charge on any atom is 0.214 e. The number of benzene rings is 2. The Kier molecular flexibility index (Phi) is 7.67. The zero-order valence-electron chi connectivity index (χ0n) is 18.9. The number of hydrogen-bond donors (Lipinski definition) is 1. The van der Waals surface area contributed by atoms with Crippen LogP contribution in [0.2, 0.25) is 0 Å². The molecule has 1 N–H and O–H groups in total. The van der Waals surface area contributed by atoms with E-state index in [1.807, 2.05) is 25.1 Å². The first kappa shape index (κ1) is 23.5. The van der Waals surface area contributed by atoms with Crippen molar-refractivity contribution >= 4 is 23.7 Å². The molecule has 1 aliphatic heterocycles. The second-order valence-electron chi connectivity index (χ2n) is 8.61. The predicted octanol–water partition coefficient (Wildman–Crippen LogP) is 4.72. The van der Waals surface area contributed by atoms with Crippen molar-refractivity contribution in [2.24, 2.45) is 5.92 Å². The summed E-state index contributed by atoms with van der Waals surface area (Å²) in [7, 11) is 0. The molecule has 3 unspecified atom stereocenters. The molecule has 0 radical (unpaired) electrons. The summed E-state index contributed by atoms with van der Waals surface area (Å²) in [6.07, 6.45) is 3.91. The summed E-state index contributed by atoms with van der Waals surface area (Å²) in [4.78, 5) is 37.8. The molecule has 0 aromatic heterocycles. The summed E-state index contributed by atoms with van der Waals surface area (Å²) in [5.41, 5.74) is 1.75. The molecule has 3 atom stereocenters. The van der Waals surface area contributed by atoms with Crippen LogP contribution in [-0.4, -0.2) is 35.2 Å². The number of rotatable bonds is 10. The first-order chi connectivity index (χ1) is 15.3. The Morgan fingerprint density at radius 2 is 1.97 bits per heavy atom. The van der Waals surface area contributed by atoms with E-state index in [9.17, 15) is 19.5 Å². The molecule has 2 aromatic rings. The van der Waals surface area contributed by atoms with Gasteiger partial charge in [-0.3, -0.25) is 9.59 Å². The molecule has 0 spiro atoms. The molecule has 0 saturated carbocycles. The van der Waals surface area contributed by atoms with Crippen molar-refractivity contribution in [3.8, 4) is 11.5 Å². The van der Waals surface area contributed by atoms with Gasteiger partial charge < -0.3 is 19.5 Å². The first-order valence-corrected chi connectivity index (χ1v) is 11.2. The third-order valence-corrected chi connectivity index (χ3v) is 6.13. The van der Waals surface area contributed by atoms with Crippen molar-refractivity contribution in [1.82, 2.24) is 0 Å². The minimum absolute atomic E-state index is 0.0114. The van der Waals surface area contributed by atoms with Gasteiger partial charge in [-0.05, 0) is 52.0 Å². The fourth-order valence-corrected chi connectivity index (χ4v) is 4.34. The number of fused-ring (bicyclic) bond motifs is 1. The number of carbonyl (C=O) groups is 3. The largest absolute Gasteiger partial charge is 0.507 e. The van der Waals surface area contributed by atoms with Crippen LogP contribution in [0, 0.1) is 5.92 Å². The van der Waals surface area contributed by atoms with Crippen molar-refractivity contribution in [1.29, 1.82) is 0 Å². The molecular formula is C26H31NO5. The van der Waals surface area contributed by atoms with Crippen LogP contribution in [-0.2, 0) is 16.0 Å². The fraction of sp³-hybridized carbons (Fsp3) is 0.423. The number of ketones is 2. The minimum atomic E-state index is -0.536. The highest BCUT2D eigenvalue weighted by Gasteiger charge is 2.39. The van der Waals surface area contributed by atoms with Gasteiger partial charge in [-0.25, -0.2) is 0 Å². The molecule has 0 aliphatic carbocycles. The van der Waals surface area contributed by atoms with Gasteiger partial charge in [-0.1, -0.05) is 30.3 Å². The van der Waals surface area contributed by atoms with Crippen molar-refractivity contribution in [2.45, 2.75) is 65.0 Å². The number of aryl methyl sites for hydroxylation is 1. The van der Waals surface area contributed by atoms with Gasteiger partial charge in [0.2, 0.25) is 6.41 Å². The van der Waals surface area contributed by atoms with Crippen LogP contribution in [0.3, 0.4) is 0 Å². The molecule has 32 heavy (non-hydrogen) atoms. The van der Waals surface area contributed by atoms with E-state index < -0.39 is 12.0 Å². The van der Waals surface area contributed by atoms with Gasteiger partial charge in [0.05, 0.1) is 17.4 Å². The number of ether oxygens (including phenoxy) is 1. The highest BCUT2D eigenvalue weighted by atomic mass is 16.5. The monoisotopic (exact) mass is 437 g/mol. The van der Waals surface area contributed by atoms with Gasteiger partial charge in [0.15, 0.2) is 5.78 Å². The quantitative estimate of drug-likeness (QED) is 0.544. The summed E-state index contributed by atoms with van der Waals surface area (Å²) in [5.74, 6) is -0.575. The van der Waals surface area contributed by atoms with E-state index in [-0.39, 0.29) is 35.4 Å². The topological polar surface area (TPSA) is 83.9 Å². The second-order valence-corrected chi connectivity index (χ2v) is 8.61. The van der Waals surface area contributed by atoms with Crippen LogP contribution in [0.15, 0.2) is 42.5 Å². The number of Topliss-reactive ketones (excluding diaryl/α,β-unsaturated/α-hetero) is 2. The molecule has 0 saturated heterocycles. The molecule has 1 amide bonds. The molecule has 6 nitrogen and oxygen atoms in total. The Morgan fingerprint density at radius 3 is 2.62 bits per heavy atom. The van der Waals surface area contributed by atoms with E-state index in [4.69, 9.17) is 4.74 Å². The Hall–Kier alpha value is -3.15. The van der Waals surface area contributed by atoms with Crippen LogP contribution < -0.4 is 9.64 Å². The van der Waals surface area contributed by atoms with E-state index in [1.54, 1.807) is 13.0 Å². The smallest absolute Gasteiger partial charge is 0.214 e. The minimum Gasteiger partial charge on any atom is -0.507 e. The van der Waals surface area contributed by atoms with E-state index >= 15 is 0 Å². The number of amides is 1. The lowest BCUT2D eigenvalue weighted by atomic mass is 9.81. The fourth-order valence-electron chi connectivity index (χ4n) is 4.34. The Morgan fingerprint density at radius 1 is 1.25 bits per heavy atom. The lowest BCUT2D eigenvalue weighted by Crippen LogP contribution is -2.46. The summed E-state index contributed by atoms with van der Waals surface area (Å²) >= 11 is 0. The van der Waals surface area contributed by atoms with E-state index in [0.29, 0.717) is 24.3 Å². The van der Waals surface area contributed by atoms with Gasteiger partial charge in [0, 0.05) is 30.5 Å². The SMILES string of the molecule is CC(=O)CCC1C(=O)c2c(O)cc(OC(C)CCCc3ccccc3)cc2N(C=O)C1C. The zero-order chi connectivity index (χ0) is 23.3. The van der Waals surface area contributed by atoms with E-state index in [1.165, 1.54) is 23.5 Å². The van der Waals surface area contributed by atoms with E-state index in [0.717, 1.165) is 19.3 Å². The summed E-state index contributed by atoms with van der Waals surface area (Å²) < 4.78 is 6.01. The van der Waals surface area contributed by atoms with Crippen molar-refractivity contribution in [2.75, 3.05) is 4.90 Å². The standard InChI is InChI=1S/C26H31NO5/c1-17(29)12-13-22-19(3)27(16-28)23-14-21(15-24(30)25(23)26(22)31)32-18(2)8-7-11-20-9-5-4-6-10-20/h4-6,9-10,14-16,18-19,22,30H,7-8,11-13H2,1-3H3. The lowest BCUT2D eigenvalue weighted by molar-refractivity contribution is -0.117. The molecule has 1 heterocycles. The number of hydrogen-bond acceptors (Lipinski definition) is 5. The number of anilines is 1. The summed E-state index contributed by atoms with van der Waals surface area (Å²) in [6.45, 7) is 5.23. The summed E-state index contributed by atoms with van der Waals surface area (Å²) in [6, 6.07) is 12.9. The predicted molar refractivity (Wildman–Crippen MR) is 123 cm³/mol. The number of phenols is 1. The van der Waals surface area contributed by atoms with Crippen LogP contribution in [0.25, 0.3) is 0 Å². The van der Waals surface area contributed by atoms with Gasteiger partial charge >= 0.3 is 0 Å². The van der Waals surface area contributed by atoms with Gasteiger partial charge in [0.1, 0.15) is 17.3 Å². The Labute approximate surface area is 189 Å². The molecule has 1 aliphatic rings. The van der Waals surface area contributed by atoms with Crippen LogP contribution in [0.4, 0.5) is 5.69 Å². The third kappa shape index (κ3) is 5.36. The molecule has 0 bridgehead atoms.